The Bertz CT molecular complexity index is 952. The second kappa shape index (κ2) is 10.4. The first-order valence-corrected chi connectivity index (χ1v) is 12.1. The fourth-order valence-electron chi connectivity index (χ4n) is 4.46. The quantitative estimate of drug-likeness (QED) is 0.621. The van der Waals surface area contributed by atoms with Gasteiger partial charge in [0.2, 0.25) is 5.91 Å². The summed E-state index contributed by atoms with van der Waals surface area (Å²) in [6.07, 6.45) is 2.90. The monoisotopic (exact) mass is 457 g/mol. The lowest BCUT2D eigenvalue weighted by atomic mass is 9.96. The number of carbonyl (C=O) groups is 2. The van der Waals surface area contributed by atoms with E-state index < -0.39 is 0 Å². The first-order valence-electron chi connectivity index (χ1n) is 11.2. The third kappa shape index (κ3) is 5.48. The minimum atomic E-state index is -0.0953. The fourth-order valence-corrected chi connectivity index (χ4v) is 5.24. The van der Waals surface area contributed by atoms with E-state index in [-0.39, 0.29) is 17.8 Å². The van der Waals surface area contributed by atoms with E-state index >= 15 is 0 Å². The van der Waals surface area contributed by atoms with Gasteiger partial charge in [0.1, 0.15) is 12.4 Å². The smallest absolute Gasteiger partial charge is 0.308 e. The fraction of sp³-hybridized carbons (Fsp3) is 0.542. The van der Waals surface area contributed by atoms with Gasteiger partial charge in [-0.1, -0.05) is 6.07 Å². The molecular weight excluding hydrogens is 426 g/mol. The lowest BCUT2D eigenvalue weighted by Crippen LogP contribution is -2.36. The number of hydrogen-bond donors (Lipinski definition) is 0. The second-order valence-corrected chi connectivity index (χ2v) is 9.48. The molecule has 32 heavy (non-hydrogen) atoms. The summed E-state index contributed by atoms with van der Waals surface area (Å²) in [5.41, 5.74) is 5.13. The van der Waals surface area contributed by atoms with Crippen molar-refractivity contribution in [2.75, 3.05) is 33.4 Å². The minimum absolute atomic E-state index is 0.0185. The number of fused-ring (bicyclic) bond motifs is 1. The van der Waals surface area contributed by atoms with Crippen LogP contribution in [0.25, 0.3) is 0 Å². The third-order valence-electron chi connectivity index (χ3n) is 6.40. The van der Waals surface area contributed by atoms with Gasteiger partial charge in [0.15, 0.2) is 0 Å². The van der Waals surface area contributed by atoms with Crippen LogP contribution >= 0.6 is 11.3 Å². The van der Waals surface area contributed by atoms with Gasteiger partial charge in [-0.05, 0) is 57.0 Å². The normalized spacial score (nSPS) is 17.4. The predicted molar refractivity (Wildman–Crippen MR) is 123 cm³/mol. The molecule has 0 bridgehead atoms. The van der Waals surface area contributed by atoms with Gasteiger partial charge in [-0.2, -0.15) is 0 Å². The molecule has 0 unspecified atom stereocenters. The highest BCUT2D eigenvalue weighted by Gasteiger charge is 2.26. The number of thiazole rings is 1. The van der Waals surface area contributed by atoms with Gasteiger partial charge in [-0.15, -0.1) is 11.3 Å². The molecule has 1 fully saturated rings. The summed E-state index contributed by atoms with van der Waals surface area (Å²) in [6, 6.07) is 6.30. The van der Waals surface area contributed by atoms with E-state index in [2.05, 4.69) is 22.0 Å². The van der Waals surface area contributed by atoms with Crippen LogP contribution < -0.4 is 4.74 Å². The average Bonchev–Trinajstić information content (AvgIpc) is 3.10. The number of nitrogens with zero attached hydrogens (tertiary/aromatic N) is 3. The van der Waals surface area contributed by atoms with E-state index in [4.69, 9.17) is 9.47 Å². The first-order chi connectivity index (χ1) is 15.5. The molecule has 2 aliphatic heterocycles. The van der Waals surface area contributed by atoms with E-state index in [1.807, 2.05) is 23.4 Å². The SMILES string of the molecule is COC(=O)C1CCN(Cc2ccc3c(c2)CN(C(=O)CCc2scnc2C)CCO3)CC1. The van der Waals surface area contributed by atoms with Gasteiger partial charge in [0, 0.05) is 30.0 Å². The maximum Gasteiger partial charge on any atom is 0.308 e. The number of hydrogen-bond acceptors (Lipinski definition) is 7. The molecule has 1 aromatic carbocycles. The minimum Gasteiger partial charge on any atom is -0.491 e. The lowest BCUT2D eigenvalue weighted by molar-refractivity contribution is -0.147. The summed E-state index contributed by atoms with van der Waals surface area (Å²) in [5, 5.41) is 0. The largest absolute Gasteiger partial charge is 0.491 e. The van der Waals surface area contributed by atoms with Crippen molar-refractivity contribution >= 4 is 23.2 Å². The molecule has 0 atom stereocenters. The molecule has 4 rings (SSSR count). The molecule has 0 saturated carbocycles. The van der Waals surface area contributed by atoms with Crippen molar-refractivity contribution in [3.05, 3.63) is 45.4 Å². The number of rotatable bonds is 6. The Morgan fingerprint density at radius 3 is 2.78 bits per heavy atom. The molecule has 0 aliphatic carbocycles. The Morgan fingerprint density at radius 1 is 1.25 bits per heavy atom. The molecule has 8 heteroatoms. The van der Waals surface area contributed by atoms with Gasteiger partial charge >= 0.3 is 5.97 Å². The zero-order valence-corrected chi connectivity index (χ0v) is 19.7. The first kappa shape index (κ1) is 22.7. The summed E-state index contributed by atoms with van der Waals surface area (Å²) in [5.74, 6) is 0.948. The molecule has 172 valence electrons. The van der Waals surface area contributed by atoms with Crippen LogP contribution in [0.4, 0.5) is 0 Å². The summed E-state index contributed by atoms with van der Waals surface area (Å²) in [4.78, 5) is 34.4. The Kier molecular flexibility index (Phi) is 7.42. The summed E-state index contributed by atoms with van der Waals surface area (Å²) < 4.78 is 10.8. The Balaban J connectivity index is 1.35. The number of aromatic nitrogens is 1. The van der Waals surface area contributed by atoms with Crippen LogP contribution in [0, 0.1) is 12.8 Å². The molecule has 0 radical (unpaired) electrons. The van der Waals surface area contributed by atoms with Crippen LogP contribution in [0.3, 0.4) is 0 Å². The van der Waals surface area contributed by atoms with Crippen molar-refractivity contribution in [3.8, 4) is 5.75 Å². The predicted octanol–water partition coefficient (Wildman–Crippen LogP) is 3.19. The second-order valence-electron chi connectivity index (χ2n) is 8.54. The molecule has 1 aromatic heterocycles. The topological polar surface area (TPSA) is 72.0 Å². The van der Waals surface area contributed by atoms with Gasteiger partial charge in [0.25, 0.3) is 0 Å². The molecule has 0 spiro atoms. The molecule has 7 nitrogen and oxygen atoms in total. The molecule has 1 amide bonds. The Hall–Kier alpha value is -2.45. The Labute approximate surface area is 193 Å². The van der Waals surface area contributed by atoms with E-state index in [0.717, 1.165) is 55.9 Å². The lowest BCUT2D eigenvalue weighted by Gasteiger charge is -2.30. The van der Waals surface area contributed by atoms with Crippen molar-refractivity contribution in [1.82, 2.24) is 14.8 Å². The number of likely N-dealkylation sites (tertiary alicyclic amines) is 1. The van der Waals surface area contributed by atoms with Crippen molar-refractivity contribution in [3.63, 3.8) is 0 Å². The standard InChI is InChI=1S/C24H31N3O4S/c1-17-22(32-16-25-17)5-6-23(28)27-11-12-31-21-4-3-18(13-20(21)15-27)14-26-9-7-19(8-10-26)24(29)30-2/h3-4,13,16,19H,5-12,14-15H2,1-2H3. The number of ether oxygens (including phenoxy) is 2. The third-order valence-corrected chi connectivity index (χ3v) is 7.39. The Morgan fingerprint density at radius 2 is 2.06 bits per heavy atom. The summed E-state index contributed by atoms with van der Waals surface area (Å²) in [6.45, 7) is 6.29. The highest BCUT2D eigenvalue weighted by Crippen LogP contribution is 2.27. The van der Waals surface area contributed by atoms with Crippen molar-refractivity contribution in [2.24, 2.45) is 5.92 Å². The van der Waals surface area contributed by atoms with Crippen molar-refractivity contribution < 1.29 is 19.1 Å². The molecule has 2 aliphatic rings. The van der Waals surface area contributed by atoms with Crippen molar-refractivity contribution in [1.29, 1.82) is 0 Å². The number of methoxy groups -OCH3 is 1. The summed E-state index contributed by atoms with van der Waals surface area (Å²) >= 11 is 1.62. The number of carbonyl (C=O) groups excluding carboxylic acids is 2. The van der Waals surface area contributed by atoms with E-state index in [1.54, 1.807) is 11.3 Å². The number of aryl methyl sites for hydroxylation is 2. The zero-order chi connectivity index (χ0) is 22.5. The van der Waals surface area contributed by atoms with Gasteiger partial charge in [-0.25, -0.2) is 4.98 Å². The number of benzene rings is 1. The molecular formula is C24H31N3O4S. The van der Waals surface area contributed by atoms with E-state index in [9.17, 15) is 9.59 Å². The number of esters is 1. The molecule has 1 saturated heterocycles. The number of piperidine rings is 1. The molecule has 2 aromatic rings. The average molecular weight is 458 g/mol. The van der Waals surface area contributed by atoms with Crippen LogP contribution in [0.5, 0.6) is 5.75 Å². The van der Waals surface area contributed by atoms with Gasteiger partial charge < -0.3 is 14.4 Å². The molecule has 0 N–H and O–H groups in total. The summed E-state index contributed by atoms with van der Waals surface area (Å²) in [7, 11) is 1.46. The van der Waals surface area contributed by atoms with Crippen LogP contribution in [0.2, 0.25) is 0 Å². The maximum atomic E-state index is 12.9. The van der Waals surface area contributed by atoms with Crippen molar-refractivity contribution in [2.45, 2.75) is 45.7 Å². The van der Waals surface area contributed by atoms with Crippen LogP contribution in [-0.4, -0.2) is 60.0 Å². The maximum absolute atomic E-state index is 12.9. The van der Waals surface area contributed by atoms with E-state index in [0.29, 0.717) is 26.1 Å². The van der Waals surface area contributed by atoms with Crippen LogP contribution in [-0.2, 0) is 33.8 Å². The van der Waals surface area contributed by atoms with Crippen LogP contribution in [0.15, 0.2) is 23.7 Å². The highest BCUT2D eigenvalue weighted by molar-refractivity contribution is 7.09. The van der Waals surface area contributed by atoms with Crippen LogP contribution in [0.1, 0.15) is 41.0 Å². The zero-order valence-electron chi connectivity index (χ0n) is 18.8. The highest BCUT2D eigenvalue weighted by atomic mass is 32.1. The van der Waals surface area contributed by atoms with Gasteiger partial charge in [0.05, 0.1) is 30.8 Å². The van der Waals surface area contributed by atoms with E-state index in [1.165, 1.54) is 17.6 Å². The van der Waals surface area contributed by atoms with Gasteiger partial charge in [-0.3, -0.25) is 14.5 Å². The molecule has 3 heterocycles. The number of amides is 1.